The van der Waals surface area contributed by atoms with E-state index in [1.165, 1.54) is 45.3 Å². The summed E-state index contributed by atoms with van der Waals surface area (Å²) in [5.41, 5.74) is 5.98. The molecule has 1 saturated heterocycles. The zero-order valence-electron chi connectivity index (χ0n) is 11.2. The highest BCUT2D eigenvalue weighted by Gasteiger charge is 2.27. The predicted molar refractivity (Wildman–Crippen MR) is 72.1 cm³/mol. The predicted octanol–water partition coefficient (Wildman–Crippen LogP) is 1.13. The van der Waals surface area contributed by atoms with Crippen LogP contribution in [0, 0.1) is 5.92 Å². The van der Waals surface area contributed by atoms with Crippen molar-refractivity contribution in [3.05, 3.63) is 0 Å². The Kier molecular flexibility index (Phi) is 4.26. The van der Waals surface area contributed by atoms with E-state index >= 15 is 0 Å². The monoisotopic (exact) mass is 238 g/mol. The average molecular weight is 238 g/mol. The first kappa shape index (κ1) is 12.7. The maximum atomic E-state index is 5.98. The number of aliphatic imine (C=N–C) groups is 1. The van der Waals surface area contributed by atoms with Crippen molar-refractivity contribution in [3.8, 4) is 0 Å². The summed E-state index contributed by atoms with van der Waals surface area (Å²) in [5, 5.41) is 0. The topological polar surface area (TPSA) is 44.9 Å². The van der Waals surface area contributed by atoms with Crippen molar-refractivity contribution < 1.29 is 0 Å². The Balaban J connectivity index is 1.69. The van der Waals surface area contributed by atoms with Crippen LogP contribution < -0.4 is 5.73 Å². The van der Waals surface area contributed by atoms with Gasteiger partial charge >= 0.3 is 0 Å². The van der Waals surface area contributed by atoms with Crippen LogP contribution in [0.4, 0.5) is 0 Å². The maximum Gasteiger partial charge on any atom is 0.191 e. The lowest BCUT2D eigenvalue weighted by Crippen LogP contribution is -2.36. The van der Waals surface area contributed by atoms with Crippen LogP contribution in [0.5, 0.6) is 0 Å². The van der Waals surface area contributed by atoms with Crippen LogP contribution in [-0.4, -0.2) is 55.0 Å². The second kappa shape index (κ2) is 5.71. The lowest BCUT2D eigenvalue weighted by molar-refractivity contribution is 0.291. The number of nitrogens with zero attached hydrogens (tertiary/aromatic N) is 3. The summed E-state index contributed by atoms with van der Waals surface area (Å²) in [7, 11) is 2.06. The van der Waals surface area contributed by atoms with E-state index in [-0.39, 0.29) is 0 Å². The number of guanidine groups is 1. The molecule has 1 aliphatic heterocycles. The second-order valence-electron chi connectivity index (χ2n) is 5.65. The van der Waals surface area contributed by atoms with Crippen LogP contribution in [-0.2, 0) is 0 Å². The highest BCUT2D eigenvalue weighted by atomic mass is 15.3. The van der Waals surface area contributed by atoms with E-state index in [1.54, 1.807) is 0 Å². The number of hydrogen-bond donors (Lipinski definition) is 1. The molecule has 1 heterocycles. The molecule has 2 fully saturated rings. The molecule has 1 unspecified atom stereocenters. The Bertz CT molecular complexity index is 267. The lowest BCUT2D eigenvalue weighted by Gasteiger charge is -2.20. The Morgan fingerprint density at radius 1 is 1.41 bits per heavy atom. The first-order valence-electron chi connectivity index (χ1n) is 6.92. The van der Waals surface area contributed by atoms with E-state index < -0.39 is 0 Å². The van der Waals surface area contributed by atoms with E-state index in [0.717, 1.165) is 12.5 Å². The molecule has 0 aromatic carbocycles. The molecule has 0 aromatic heterocycles. The normalized spacial score (nSPS) is 24.0. The van der Waals surface area contributed by atoms with E-state index in [0.29, 0.717) is 12.0 Å². The maximum absolute atomic E-state index is 5.98. The van der Waals surface area contributed by atoms with Crippen molar-refractivity contribution >= 4 is 5.96 Å². The molecule has 1 aliphatic carbocycles. The molecular formula is C13H26N4. The molecule has 1 atom stereocenters. The summed E-state index contributed by atoms with van der Waals surface area (Å²) in [5.74, 6) is 1.33. The second-order valence-corrected chi connectivity index (χ2v) is 5.65. The Labute approximate surface area is 105 Å². The van der Waals surface area contributed by atoms with Crippen LogP contribution in [0.2, 0.25) is 0 Å². The van der Waals surface area contributed by atoms with Gasteiger partial charge in [-0.05, 0) is 44.7 Å². The van der Waals surface area contributed by atoms with E-state index in [1.807, 2.05) is 0 Å². The molecule has 1 saturated carbocycles. The van der Waals surface area contributed by atoms with Crippen molar-refractivity contribution in [1.29, 1.82) is 0 Å². The zero-order chi connectivity index (χ0) is 12.3. The molecule has 2 aliphatic rings. The molecule has 0 aromatic rings. The van der Waals surface area contributed by atoms with Gasteiger partial charge in [-0.25, -0.2) is 0 Å². The fourth-order valence-corrected chi connectivity index (χ4v) is 2.47. The third kappa shape index (κ3) is 3.87. The largest absolute Gasteiger partial charge is 0.370 e. The minimum atomic E-state index is 0.610. The molecule has 0 radical (unpaired) electrons. The minimum Gasteiger partial charge on any atom is -0.370 e. The molecule has 98 valence electrons. The summed E-state index contributed by atoms with van der Waals surface area (Å²) in [4.78, 5) is 9.19. The molecule has 17 heavy (non-hydrogen) atoms. The fourth-order valence-electron chi connectivity index (χ4n) is 2.47. The highest BCUT2D eigenvalue weighted by molar-refractivity contribution is 5.78. The molecular weight excluding hydrogens is 212 g/mol. The Hall–Kier alpha value is -0.770. The molecule has 4 heteroatoms. The van der Waals surface area contributed by atoms with Gasteiger partial charge in [0.05, 0.1) is 0 Å². The van der Waals surface area contributed by atoms with Gasteiger partial charge in [0, 0.05) is 26.2 Å². The smallest absolute Gasteiger partial charge is 0.191 e. The summed E-state index contributed by atoms with van der Waals surface area (Å²) >= 11 is 0. The van der Waals surface area contributed by atoms with Crippen molar-refractivity contribution in [3.63, 3.8) is 0 Å². The van der Waals surface area contributed by atoms with Gasteiger partial charge in [0.1, 0.15) is 0 Å². The molecule has 2 N–H and O–H groups in total. The quantitative estimate of drug-likeness (QED) is 0.577. The molecule has 0 spiro atoms. The van der Waals surface area contributed by atoms with Crippen molar-refractivity contribution in [1.82, 2.24) is 9.80 Å². The van der Waals surface area contributed by atoms with Gasteiger partial charge in [-0.3, -0.25) is 4.99 Å². The molecule has 0 amide bonds. The lowest BCUT2D eigenvalue weighted by atomic mass is 10.2. The minimum absolute atomic E-state index is 0.610. The van der Waals surface area contributed by atoms with Gasteiger partial charge in [-0.15, -0.1) is 0 Å². The number of hydrogen-bond acceptors (Lipinski definition) is 2. The Morgan fingerprint density at radius 3 is 2.65 bits per heavy atom. The first-order chi connectivity index (χ1) is 8.16. The molecule has 0 bridgehead atoms. The number of rotatable bonds is 5. The highest BCUT2D eigenvalue weighted by Crippen LogP contribution is 2.24. The van der Waals surface area contributed by atoms with Gasteiger partial charge in [0.15, 0.2) is 5.96 Å². The van der Waals surface area contributed by atoms with Crippen LogP contribution in [0.1, 0.15) is 32.6 Å². The van der Waals surface area contributed by atoms with Crippen LogP contribution in [0.15, 0.2) is 4.99 Å². The average Bonchev–Trinajstić information content (AvgIpc) is 3.05. The van der Waals surface area contributed by atoms with Gasteiger partial charge in [0.25, 0.3) is 0 Å². The van der Waals surface area contributed by atoms with E-state index in [4.69, 9.17) is 5.73 Å². The van der Waals surface area contributed by atoms with Crippen molar-refractivity contribution in [2.24, 2.45) is 16.6 Å². The van der Waals surface area contributed by atoms with E-state index in [2.05, 4.69) is 28.8 Å². The van der Waals surface area contributed by atoms with Crippen molar-refractivity contribution in [2.45, 2.75) is 38.6 Å². The summed E-state index contributed by atoms with van der Waals surface area (Å²) in [6.45, 7) is 6.84. The SMILES string of the molecule is CC(CN=C(N)N(C)C1CC1)CN1CCCC1. The third-order valence-electron chi connectivity index (χ3n) is 3.79. The fraction of sp³-hybridized carbons (Fsp3) is 0.923. The summed E-state index contributed by atoms with van der Waals surface area (Å²) < 4.78 is 0. The van der Waals surface area contributed by atoms with Crippen molar-refractivity contribution in [2.75, 3.05) is 33.2 Å². The standard InChI is InChI=1S/C13H26N4/c1-11(10-17-7-3-4-8-17)9-15-13(14)16(2)12-5-6-12/h11-12H,3-10H2,1-2H3,(H2,14,15). The third-order valence-corrected chi connectivity index (χ3v) is 3.79. The molecule has 2 rings (SSSR count). The Morgan fingerprint density at radius 2 is 2.06 bits per heavy atom. The number of nitrogens with two attached hydrogens (primary N) is 1. The van der Waals surface area contributed by atoms with E-state index in [9.17, 15) is 0 Å². The van der Waals surface area contributed by atoms with Crippen LogP contribution in [0.25, 0.3) is 0 Å². The van der Waals surface area contributed by atoms with Crippen LogP contribution >= 0.6 is 0 Å². The van der Waals surface area contributed by atoms with Gasteiger partial charge in [-0.1, -0.05) is 6.92 Å². The van der Waals surface area contributed by atoms with Gasteiger partial charge in [0.2, 0.25) is 0 Å². The zero-order valence-corrected chi connectivity index (χ0v) is 11.2. The molecule has 4 nitrogen and oxygen atoms in total. The summed E-state index contributed by atoms with van der Waals surface area (Å²) in [6, 6.07) is 0.660. The first-order valence-corrected chi connectivity index (χ1v) is 6.92. The number of likely N-dealkylation sites (tertiary alicyclic amines) is 1. The van der Waals surface area contributed by atoms with Crippen LogP contribution in [0.3, 0.4) is 0 Å². The summed E-state index contributed by atoms with van der Waals surface area (Å²) in [6.07, 6.45) is 5.27. The van der Waals surface area contributed by atoms with Gasteiger partial charge < -0.3 is 15.5 Å². The van der Waals surface area contributed by atoms with Gasteiger partial charge in [-0.2, -0.15) is 0 Å².